The molecule has 0 fully saturated rings. The van der Waals surface area contributed by atoms with Gasteiger partial charge in [-0.05, 0) is 80.3 Å². The Morgan fingerprint density at radius 2 is 1.61 bits per heavy atom. The fourth-order valence-corrected chi connectivity index (χ4v) is 5.04. The number of amides is 1. The maximum Gasteiger partial charge on any atom is 0.330 e. The highest BCUT2D eigenvalue weighted by Gasteiger charge is 2.40. The lowest BCUT2D eigenvalue weighted by atomic mass is 9.74. The maximum absolute atomic E-state index is 12.2. The first kappa shape index (κ1) is 28.9. The van der Waals surface area contributed by atoms with Crippen molar-refractivity contribution in [2.75, 3.05) is 6.54 Å². The van der Waals surface area contributed by atoms with Gasteiger partial charge in [0.2, 0.25) is 5.91 Å². The summed E-state index contributed by atoms with van der Waals surface area (Å²) in [5.74, 6) is 0.128. The molecular formula is C30H42BBrNO3. The van der Waals surface area contributed by atoms with E-state index in [1.807, 2.05) is 13.8 Å². The summed E-state index contributed by atoms with van der Waals surface area (Å²) in [5.41, 5.74) is 4.32. The Labute approximate surface area is 227 Å². The monoisotopic (exact) mass is 554 g/mol. The third-order valence-electron chi connectivity index (χ3n) is 7.58. The van der Waals surface area contributed by atoms with Gasteiger partial charge in [-0.15, -0.1) is 0 Å². The van der Waals surface area contributed by atoms with Gasteiger partial charge in [0, 0.05) is 22.9 Å². The molecule has 0 bridgehead atoms. The highest BCUT2D eigenvalue weighted by molar-refractivity contribution is 9.10. The molecule has 6 heteroatoms. The number of hydrogen-bond acceptors (Lipinski definition) is 3. The number of hydrogen-bond donors (Lipinski definition) is 2. The summed E-state index contributed by atoms with van der Waals surface area (Å²) in [4.78, 5) is 12.2. The summed E-state index contributed by atoms with van der Waals surface area (Å²) in [6.45, 7) is 16.6. The van der Waals surface area contributed by atoms with Gasteiger partial charge in [0.15, 0.2) is 0 Å². The van der Waals surface area contributed by atoms with Crippen LogP contribution in [0.2, 0.25) is 0 Å². The summed E-state index contributed by atoms with van der Waals surface area (Å²) in [5, 5.41) is 13.5. The number of nitrogens with one attached hydrogen (secondary N) is 1. The molecule has 0 saturated carbocycles. The van der Waals surface area contributed by atoms with Gasteiger partial charge in [-0.25, -0.2) is 0 Å². The van der Waals surface area contributed by atoms with E-state index in [0.29, 0.717) is 13.0 Å². The molecule has 3 rings (SSSR count). The Kier molecular flexibility index (Phi) is 8.54. The van der Waals surface area contributed by atoms with E-state index in [-0.39, 0.29) is 16.7 Å². The zero-order valence-corrected chi connectivity index (χ0v) is 24.8. The quantitative estimate of drug-likeness (QED) is 0.269. The van der Waals surface area contributed by atoms with E-state index in [9.17, 15) is 9.90 Å². The van der Waals surface area contributed by atoms with Crippen molar-refractivity contribution in [1.82, 2.24) is 5.32 Å². The molecule has 2 aromatic carbocycles. The van der Waals surface area contributed by atoms with Gasteiger partial charge < -0.3 is 15.1 Å². The van der Waals surface area contributed by atoms with Crippen molar-refractivity contribution in [3.05, 3.63) is 52.0 Å². The molecule has 0 spiro atoms. The Morgan fingerprint density at radius 1 is 1.00 bits per heavy atom. The van der Waals surface area contributed by atoms with Gasteiger partial charge in [-0.1, -0.05) is 79.8 Å². The first-order valence-corrected chi connectivity index (χ1v) is 13.8. The first-order valence-electron chi connectivity index (χ1n) is 13.0. The smallest absolute Gasteiger partial charge is 0.330 e. The summed E-state index contributed by atoms with van der Waals surface area (Å²) in [6, 6.07) is 13.1. The largest absolute Gasteiger partial charge is 0.427 e. The van der Waals surface area contributed by atoms with E-state index in [4.69, 9.17) is 4.65 Å². The topological polar surface area (TPSA) is 58.6 Å². The molecule has 36 heavy (non-hydrogen) atoms. The molecule has 0 heterocycles. The second-order valence-corrected chi connectivity index (χ2v) is 13.6. The predicted molar refractivity (Wildman–Crippen MR) is 154 cm³/mol. The molecule has 195 valence electrons. The molecule has 1 aliphatic rings. The lowest BCUT2D eigenvalue weighted by molar-refractivity contribution is -0.122. The van der Waals surface area contributed by atoms with Gasteiger partial charge in [-0.2, -0.15) is 0 Å². The summed E-state index contributed by atoms with van der Waals surface area (Å²) in [7, 11) is 1.77. The molecule has 0 aromatic heterocycles. The van der Waals surface area contributed by atoms with Crippen LogP contribution in [0.5, 0.6) is 0 Å². The molecule has 1 unspecified atom stereocenters. The number of unbranched alkanes of at least 4 members (excludes halogenated alkanes) is 1. The molecular weight excluding hydrogens is 513 g/mol. The van der Waals surface area contributed by atoms with Crippen molar-refractivity contribution in [3.8, 4) is 11.1 Å². The average Bonchev–Trinajstić information content (AvgIpc) is 2.98. The van der Waals surface area contributed by atoms with Crippen molar-refractivity contribution in [2.45, 2.75) is 97.7 Å². The zero-order valence-electron chi connectivity index (χ0n) is 23.2. The molecule has 2 aromatic rings. The second-order valence-electron chi connectivity index (χ2n) is 12.7. The van der Waals surface area contributed by atoms with Crippen molar-refractivity contribution < 1.29 is 14.6 Å². The molecule has 1 amide bonds. The summed E-state index contributed by atoms with van der Waals surface area (Å²) in [6.07, 6.45) is 3.48. The minimum Gasteiger partial charge on any atom is -0.427 e. The van der Waals surface area contributed by atoms with Crippen LogP contribution < -0.4 is 10.8 Å². The van der Waals surface area contributed by atoms with E-state index in [2.05, 4.69) is 85.3 Å². The van der Waals surface area contributed by atoms with Crippen LogP contribution in [0.1, 0.15) is 92.2 Å². The number of benzene rings is 2. The number of carbonyl (C=O) groups is 1. The number of rotatable bonds is 10. The fraction of sp³-hybridized carbons (Fsp3) is 0.567. The van der Waals surface area contributed by atoms with Gasteiger partial charge in [0.05, 0.1) is 11.2 Å². The van der Waals surface area contributed by atoms with Crippen molar-refractivity contribution in [3.63, 3.8) is 0 Å². The van der Waals surface area contributed by atoms with Crippen LogP contribution in [0.4, 0.5) is 0 Å². The van der Waals surface area contributed by atoms with Crippen LogP contribution in [-0.4, -0.2) is 36.2 Å². The van der Waals surface area contributed by atoms with Crippen LogP contribution >= 0.6 is 15.9 Å². The SMILES string of the molecule is CC(C)(C)CC(=O)NCCCCC1(C)c2cc(Br)ccc2-c2ccc([B]OC(C)(C)C(C)(C)O)cc21. The van der Waals surface area contributed by atoms with E-state index < -0.39 is 11.2 Å². The van der Waals surface area contributed by atoms with Gasteiger partial charge >= 0.3 is 7.48 Å². The minimum atomic E-state index is -0.973. The van der Waals surface area contributed by atoms with Crippen molar-refractivity contribution in [1.29, 1.82) is 0 Å². The van der Waals surface area contributed by atoms with Crippen LogP contribution in [0, 0.1) is 5.41 Å². The van der Waals surface area contributed by atoms with E-state index in [0.717, 1.165) is 29.2 Å². The summed E-state index contributed by atoms with van der Waals surface area (Å²) >= 11 is 3.68. The average molecular weight is 555 g/mol. The van der Waals surface area contributed by atoms with Crippen molar-refractivity contribution in [2.24, 2.45) is 5.41 Å². The predicted octanol–water partition coefficient (Wildman–Crippen LogP) is 6.27. The van der Waals surface area contributed by atoms with E-state index in [1.54, 1.807) is 21.3 Å². The highest BCUT2D eigenvalue weighted by Crippen LogP contribution is 2.51. The lowest BCUT2D eigenvalue weighted by Gasteiger charge is -2.37. The molecule has 4 nitrogen and oxygen atoms in total. The van der Waals surface area contributed by atoms with Crippen LogP contribution in [0.15, 0.2) is 40.9 Å². The van der Waals surface area contributed by atoms with E-state index >= 15 is 0 Å². The standard InChI is InChI=1S/C30H42BBrNO3/c1-27(2,3)19-26(34)33-16-10-9-15-30(8)24-17-20(31-36-29(6,7)28(4,5)35)11-13-22(24)23-14-12-21(32)18-25(23)30/h11-14,17-18,35H,9-10,15-16,19H2,1-8H3,(H,33,34). The van der Waals surface area contributed by atoms with Gasteiger partial charge in [0.25, 0.3) is 0 Å². The van der Waals surface area contributed by atoms with Crippen LogP contribution in [0.3, 0.4) is 0 Å². The van der Waals surface area contributed by atoms with Gasteiger partial charge in [0.1, 0.15) is 0 Å². The summed E-state index contributed by atoms with van der Waals surface area (Å²) < 4.78 is 7.13. The molecule has 0 saturated heterocycles. The molecule has 1 radical (unpaired) electrons. The molecule has 2 N–H and O–H groups in total. The van der Waals surface area contributed by atoms with Gasteiger partial charge in [-0.3, -0.25) is 4.79 Å². The normalized spacial score (nSPS) is 17.5. The van der Waals surface area contributed by atoms with Crippen LogP contribution in [-0.2, 0) is 14.9 Å². The first-order chi connectivity index (χ1) is 16.5. The maximum atomic E-state index is 12.2. The third-order valence-corrected chi connectivity index (χ3v) is 8.08. The highest BCUT2D eigenvalue weighted by atomic mass is 79.9. The minimum absolute atomic E-state index is 0.00278. The Balaban J connectivity index is 1.76. The number of fused-ring (bicyclic) bond motifs is 3. The Bertz CT molecular complexity index is 1100. The number of halogens is 1. The molecule has 1 atom stereocenters. The number of carbonyl (C=O) groups excluding carboxylic acids is 1. The molecule has 0 aliphatic heterocycles. The second kappa shape index (κ2) is 10.6. The van der Waals surface area contributed by atoms with E-state index in [1.165, 1.54) is 22.3 Å². The van der Waals surface area contributed by atoms with Crippen molar-refractivity contribution >= 4 is 34.8 Å². The lowest BCUT2D eigenvalue weighted by Crippen LogP contribution is -2.49. The fourth-order valence-electron chi connectivity index (χ4n) is 4.68. The number of aliphatic hydroxyl groups is 1. The Morgan fingerprint density at radius 3 is 2.22 bits per heavy atom. The third kappa shape index (κ3) is 6.62. The Hall–Kier alpha value is -1.63. The zero-order chi connectivity index (χ0) is 26.9. The van der Waals surface area contributed by atoms with Crippen LogP contribution in [0.25, 0.3) is 11.1 Å². The molecule has 1 aliphatic carbocycles.